The van der Waals surface area contributed by atoms with Crippen molar-refractivity contribution in [2.75, 3.05) is 11.9 Å². The molecular formula is C15H18FN3. The van der Waals surface area contributed by atoms with Crippen LogP contribution in [0.5, 0.6) is 0 Å². The van der Waals surface area contributed by atoms with Crippen molar-refractivity contribution in [3.63, 3.8) is 0 Å². The lowest BCUT2D eigenvalue weighted by Crippen LogP contribution is -2.05. The van der Waals surface area contributed by atoms with Gasteiger partial charge >= 0.3 is 0 Å². The zero-order valence-electron chi connectivity index (χ0n) is 11.3. The molecule has 0 aliphatic rings. The zero-order chi connectivity index (χ0) is 13.7. The smallest absolute Gasteiger partial charge is 0.161 e. The van der Waals surface area contributed by atoms with Crippen LogP contribution in [0.3, 0.4) is 0 Å². The van der Waals surface area contributed by atoms with Crippen LogP contribution in [0.1, 0.15) is 26.0 Å². The van der Waals surface area contributed by atoms with Gasteiger partial charge < -0.3 is 5.32 Å². The summed E-state index contributed by atoms with van der Waals surface area (Å²) < 4.78 is 13.3. The molecule has 0 unspecified atom stereocenters. The average molecular weight is 259 g/mol. The van der Waals surface area contributed by atoms with Crippen molar-refractivity contribution < 1.29 is 4.39 Å². The van der Waals surface area contributed by atoms with Gasteiger partial charge in [0.05, 0.1) is 0 Å². The monoisotopic (exact) mass is 259 g/mol. The molecule has 1 aromatic heterocycles. The van der Waals surface area contributed by atoms with Crippen molar-refractivity contribution in [2.24, 2.45) is 0 Å². The van der Waals surface area contributed by atoms with E-state index >= 15 is 0 Å². The Labute approximate surface area is 112 Å². The van der Waals surface area contributed by atoms with E-state index in [0.29, 0.717) is 11.4 Å². The quantitative estimate of drug-likeness (QED) is 0.890. The standard InChI is InChI=1S/C15H18FN3/c1-3-8-17-14-10-13(4-2)18-15(19-14)11-6-5-7-12(16)9-11/h5-7,9-10H,3-4,8H2,1-2H3,(H,17,18,19). The third-order valence-electron chi connectivity index (χ3n) is 2.78. The molecule has 1 N–H and O–H groups in total. The van der Waals surface area contributed by atoms with Crippen LogP contribution in [0.4, 0.5) is 10.2 Å². The molecule has 0 aliphatic heterocycles. The number of halogens is 1. The van der Waals surface area contributed by atoms with E-state index < -0.39 is 0 Å². The zero-order valence-corrected chi connectivity index (χ0v) is 11.3. The summed E-state index contributed by atoms with van der Waals surface area (Å²) in [4.78, 5) is 8.89. The SMILES string of the molecule is CCCNc1cc(CC)nc(-c2cccc(F)c2)n1. The first kappa shape index (κ1) is 13.5. The van der Waals surface area contributed by atoms with Gasteiger partial charge in [0, 0.05) is 23.9 Å². The van der Waals surface area contributed by atoms with Crippen molar-refractivity contribution in [3.05, 3.63) is 41.8 Å². The Kier molecular flexibility index (Phi) is 4.44. The maximum Gasteiger partial charge on any atom is 0.161 e. The number of hydrogen-bond acceptors (Lipinski definition) is 3. The summed E-state index contributed by atoms with van der Waals surface area (Å²) in [6.45, 7) is 5.01. The second kappa shape index (κ2) is 6.27. The Balaban J connectivity index is 2.38. The summed E-state index contributed by atoms with van der Waals surface area (Å²) in [6, 6.07) is 8.31. The van der Waals surface area contributed by atoms with Gasteiger partial charge in [0.2, 0.25) is 0 Å². The van der Waals surface area contributed by atoms with Crippen LogP contribution in [0.2, 0.25) is 0 Å². The van der Waals surface area contributed by atoms with Crippen molar-refractivity contribution in [3.8, 4) is 11.4 Å². The maximum atomic E-state index is 13.3. The second-order valence-corrected chi connectivity index (χ2v) is 4.36. The van der Waals surface area contributed by atoms with E-state index in [1.165, 1.54) is 12.1 Å². The molecule has 1 aromatic carbocycles. The van der Waals surface area contributed by atoms with Gasteiger partial charge in [-0.25, -0.2) is 14.4 Å². The predicted molar refractivity (Wildman–Crippen MR) is 75.6 cm³/mol. The molecule has 0 atom stereocenters. The van der Waals surface area contributed by atoms with Gasteiger partial charge in [-0.2, -0.15) is 0 Å². The van der Waals surface area contributed by atoms with E-state index in [-0.39, 0.29) is 5.82 Å². The number of anilines is 1. The molecule has 0 bridgehead atoms. The van der Waals surface area contributed by atoms with Gasteiger partial charge in [0.1, 0.15) is 11.6 Å². The third kappa shape index (κ3) is 3.50. The highest BCUT2D eigenvalue weighted by molar-refractivity contribution is 5.57. The maximum absolute atomic E-state index is 13.3. The molecule has 0 saturated carbocycles. The van der Waals surface area contributed by atoms with Gasteiger partial charge in [0.25, 0.3) is 0 Å². The Morgan fingerprint density at radius 3 is 2.68 bits per heavy atom. The molecule has 4 heteroatoms. The lowest BCUT2D eigenvalue weighted by molar-refractivity contribution is 0.628. The fourth-order valence-corrected chi connectivity index (χ4v) is 1.78. The highest BCUT2D eigenvalue weighted by Crippen LogP contribution is 2.19. The Morgan fingerprint density at radius 1 is 1.16 bits per heavy atom. The number of hydrogen-bond donors (Lipinski definition) is 1. The molecule has 0 amide bonds. The number of rotatable bonds is 5. The fraction of sp³-hybridized carbons (Fsp3) is 0.333. The van der Waals surface area contributed by atoms with Crippen LogP contribution < -0.4 is 5.32 Å². The normalized spacial score (nSPS) is 10.5. The predicted octanol–water partition coefficient (Wildman–Crippen LogP) is 3.67. The highest BCUT2D eigenvalue weighted by Gasteiger charge is 2.06. The Bertz CT molecular complexity index is 555. The van der Waals surface area contributed by atoms with Crippen molar-refractivity contribution in [2.45, 2.75) is 26.7 Å². The molecule has 0 fully saturated rings. The summed E-state index contributed by atoms with van der Waals surface area (Å²) in [5.41, 5.74) is 1.66. The van der Waals surface area contributed by atoms with E-state index in [1.54, 1.807) is 6.07 Å². The third-order valence-corrected chi connectivity index (χ3v) is 2.78. The first-order valence-electron chi connectivity index (χ1n) is 6.60. The molecule has 3 nitrogen and oxygen atoms in total. The van der Waals surface area contributed by atoms with Gasteiger partial charge in [-0.15, -0.1) is 0 Å². The number of nitrogens with one attached hydrogen (secondary N) is 1. The lowest BCUT2D eigenvalue weighted by atomic mass is 10.2. The minimum Gasteiger partial charge on any atom is -0.370 e. The topological polar surface area (TPSA) is 37.8 Å². The summed E-state index contributed by atoms with van der Waals surface area (Å²) >= 11 is 0. The van der Waals surface area contributed by atoms with Gasteiger partial charge in [0.15, 0.2) is 5.82 Å². The highest BCUT2D eigenvalue weighted by atomic mass is 19.1. The molecule has 100 valence electrons. The van der Waals surface area contributed by atoms with E-state index in [1.807, 2.05) is 19.1 Å². The summed E-state index contributed by atoms with van der Waals surface area (Å²) in [5, 5.41) is 3.25. The van der Waals surface area contributed by atoms with E-state index in [0.717, 1.165) is 30.9 Å². The largest absolute Gasteiger partial charge is 0.370 e. The minimum atomic E-state index is -0.272. The van der Waals surface area contributed by atoms with E-state index in [2.05, 4.69) is 22.2 Å². The number of aromatic nitrogens is 2. The van der Waals surface area contributed by atoms with Gasteiger partial charge in [-0.3, -0.25) is 0 Å². The summed E-state index contributed by atoms with van der Waals surface area (Å²) in [5.74, 6) is 1.09. The molecule has 19 heavy (non-hydrogen) atoms. The molecule has 0 aliphatic carbocycles. The lowest BCUT2D eigenvalue weighted by Gasteiger charge is -2.08. The molecule has 0 spiro atoms. The van der Waals surface area contributed by atoms with Gasteiger partial charge in [-0.1, -0.05) is 26.0 Å². The molecule has 0 saturated heterocycles. The molecule has 1 heterocycles. The Hall–Kier alpha value is -1.97. The van der Waals surface area contributed by atoms with Crippen LogP contribution >= 0.6 is 0 Å². The van der Waals surface area contributed by atoms with Crippen LogP contribution in [0.25, 0.3) is 11.4 Å². The first-order chi connectivity index (χ1) is 9.22. The molecule has 2 rings (SSSR count). The molecular weight excluding hydrogens is 241 g/mol. The molecule has 0 radical (unpaired) electrons. The molecule has 2 aromatic rings. The minimum absolute atomic E-state index is 0.272. The average Bonchev–Trinajstić information content (AvgIpc) is 2.44. The second-order valence-electron chi connectivity index (χ2n) is 4.36. The number of benzene rings is 1. The number of nitrogens with zero attached hydrogens (tertiary/aromatic N) is 2. The first-order valence-corrected chi connectivity index (χ1v) is 6.60. The van der Waals surface area contributed by atoms with Crippen molar-refractivity contribution in [1.82, 2.24) is 9.97 Å². The van der Waals surface area contributed by atoms with E-state index in [4.69, 9.17) is 0 Å². The fourth-order valence-electron chi connectivity index (χ4n) is 1.78. The van der Waals surface area contributed by atoms with Crippen LogP contribution in [0, 0.1) is 5.82 Å². The van der Waals surface area contributed by atoms with Crippen LogP contribution in [0.15, 0.2) is 30.3 Å². The van der Waals surface area contributed by atoms with Crippen LogP contribution in [-0.2, 0) is 6.42 Å². The van der Waals surface area contributed by atoms with E-state index in [9.17, 15) is 4.39 Å². The van der Waals surface area contributed by atoms with Gasteiger partial charge in [-0.05, 0) is 25.0 Å². The van der Waals surface area contributed by atoms with Crippen molar-refractivity contribution >= 4 is 5.82 Å². The Morgan fingerprint density at radius 2 is 2.00 bits per heavy atom. The summed E-state index contributed by atoms with van der Waals surface area (Å²) in [6.07, 6.45) is 1.85. The number of aryl methyl sites for hydroxylation is 1. The van der Waals surface area contributed by atoms with Crippen LogP contribution in [-0.4, -0.2) is 16.5 Å². The van der Waals surface area contributed by atoms with Crippen molar-refractivity contribution in [1.29, 1.82) is 0 Å². The summed E-state index contributed by atoms with van der Waals surface area (Å²) in [7, 11) is 0.